The number of nitrogens with zero attached hydrogens (tertiary/aromatic N) is 1. The Bertz CT molecular complexity index is 427. The highest BCUT2D eigenvalue weighted by Gasteiger charge is 2.28. The van der Waals surface area contributed by atoms with E-state index in [1.54, 1.807) is 0 Å². The highest BCUT2D eigenvalue weighted by molar-refractivity contribution is 5.25. The number of aryl methyl sites for hydroxylation is 1. The molecule has 0 amide bonds. The van der Waals surface area contributed by atoms with E-state index in [1.165, 1.54) is 11.1 Å². The molecule has 1 aromatic carbocycles. The van der Waals surface area contributed by atoms with Crippen molar-refractivity contribution in [3.63, 3.8) is 0 Å². The lowest BCUT2D eigenvalue weighted by Gasteiger charge is -2.39. The van der Waals surface area contributed by atoms with Gasteiger partial charge in [0.1, 0.15) is 0 Å². The van der Waals surface area contributed by atoms with Gasteiger partial charge in [0.15, 0.2) is 0 Å². The van der Waals surface area contributed by atoms with Crippen LogP contribution in [0.25, 0.3) is 0 Å². The number of likely N-dealkylation sites (N-methyl/N-ethyl adjacent to an activating group) is 1. The molecule has 1 unspecified atom stereocenters. The summed E-state index contributed by atoms with van der Waals surface area (Å²) in [5.41, 5.74) is 2.76. The summed E-state index contributed by atoms with van der Waals surface area (Å²) in [7, 11) is 0. The van der Waals surface area contributed by atoms with Gasteiger partial charge in [0.05, 0.1) is 12.2 Å². The Morgan fingerprint density at radius 2 is 1.95 bits per heavy atom. The first-order valence-corrected chi connectivity index (χ1v) is 8.22. The highest BCUT2D eigenvalue weighted by atomic mass is 16.5. The van der Waals surface area contributed by atoms with Gasteiger partial charge in [-0.15, -0.1) is 0 Å². The Hall–Kier alpha value is -0.900. The maximum Gasteiger partial charge on any atom is 0.0753 e. The summed E-state index contributed by atoms with van der Waals surface area (Å²) in [5, 5.41) is 3.63. The maximum absolute atomic E-state index is 5.81. The summed E-state index contributed by atoms with van der Waals surface area (Å²) in [4.78, 5) is 2.52. The second-order valence-electron chi connectivity index (χ2n) is 6.55. The molecule has 3 heteroatoms. The molecule has 2 rings (SSSR count). The van der Waals surface area contributed by atoms with Crippen LogP contribution < -0.4 is 5.32 Å². The van der Waals surface area contributed by atoms with Crippen LogP contribution in [0.4, 0.5) is 0 Å². The summed E-state index contributed by atoms with van der Waals surface area (Å²) in [5.74, 6) is 0. The van der Waals surface area contributed by atoms with Crippen LogP contribution in [0.15, 0.2) is 24.3 Å². The fourth-order valence-corrected chi connectivity index (χ4v) is 3.05. The molecule has 0 aromatic heterocycles. The number of hydrogen-bond acceptors (Lipinski definition) is 3. The normalized spacial score (nSPS) is 20.4. The molecule has 1 aromatic rings. The van der Waals surface area contributed by atoms with E-state index in [9.17, 15) is 0 Å². The van der Waals surface area contributed by atoms with Crippen LogP contribution in [0.3, 0.4) is 0 Å². The van der Waals surface area contributed by atoms with E-state index in [-0.39, 0.29) is 5.60 Å². The van der Waals surface area contributed by atoms with Gasteiger partial charge in [-0.3, -0.25) is 4.90 Å². The van der Waals surface area contributed by atoms with E-state index in [4.69, 9.17) is 4.74 Å². The summed E-state index contributed by atoms with van der Waals surface area (Å²) >= 11 is 0. The van der Waals surface area contributed by atoms with Crippen molar-refractivity contribution in [2.24, 2.45) is 0 Å². The standard InChI is InChI=1S/C18H30N2O/c1-5-15-7-9-16(10-8-15)17(19-6-2)13-20-11-12-21-18(3,4)14-20/h7-10,17,19H,5-6,11-14H2,1-4H3. The molecule has 1 N–H and O–H groups in total. The molecule has 21 heavy (non-hydrogen) atoms. The summed E-state index contributed by atoms with van der Waals surface area (Å²) in [6.07, 6.45) is 1.10. The van der Waals surface area contributed by atoms with Crippen molar-refractivity contribution < 1.29 is 4.74 Å². The molecule has 1 aliphatic rings. The van der Waals surface area contributed by atoms with Gasteiger partial charge in [-0.1, -0.05) is 38.1 Å². The number of benzene rings is 1. The van der Waals surface area contributed by atoms with E-state index < -0.39 is 0 Å². The number of morpholine rings is 1. The highest BCUT2D eigenvalue weighted by Crippen LogP contribution is 2.21. The predicted molar refractivity (Wildman–Crippen MR) is 88.7 cm³/mol. The smallest absolute Gasteiger partial charge is 0.0753 e. The Balaban J connectivity index is 2.04. The average molecular weight is 290 g/mol. The Morgan fingerprint density at radius 3 is 2.52 bits per heavy atom. The Labute approximate surface area is 129 Å². The van der Waals surface area contributed by atoms with Crippen LogP contribution in [-0.4, -0.2) is 43.3 Å². The van der Waals surface area contributed by atoms with Crippen molar-refractivity contribution >= 4 is 0 Å². The molecule has 0 radical (unpaired) electrons. The fourth-order valence-electron chi connectivity index (χ4n) is 3.05. The maximum atomic E-state index is 5.81. The minimum absolute atomic E-state index is 0.0267. The third-order valence-electron chi connectivity index (χ3n) is 4.19. The zero-order chi connectivity index (χ0) is 15.3. The number of nitrogens with one attached hydrogen (secondary N) is 1. The Kier molecular flexibility index (Phi) is 5.80. The van der Waals surface area contributed by atoms with Gasteiger partial charge in [-0.2, -0.15) is 0 Å². The van der Waals surface area contributed by atoms with Crippen LogP contribution in [-0.2, 0) is 11.2 Å². The monoisotopic (exact) mass is 290 g/mol. The van der Waals surface area contributed by atoms with Crippen LogP contribution in [0.5, 0.6) is 0 Å². The van der Waals surface area contributed by atoms with E-state index in [1.807, 2.05) is 0 Å². The summed E-state index contributed by atoms with van der Waals surface area (Å²) in [6, 6.07) is 9.45. The molecular formula is C18H30N2O. The lowest BCUT2D eigenvalue weighted by atomic mass is 10.0. The van der Waals surface area contributed by atoms with Gasteiger partial charge in [-0.25, -0.2) is 0 Å². The second kappa shape index (κ2) is 7.39. The quantitative estimate of drug-likeness (QED) is 0.871. The topological polar surface area (TPSA) is 24.5 Å². The number of hydrogen-bond donors (Lipinski definition) is 1. The van der Waals surface area contributed by atoms with Gasteiger partial charge in [0.2, 0.25) is 0 Å². The van der Waals surface area contributed by atoms with Crippen molar-refractivity contribution in [3.05, 3.63) is 35.4 Å². The van der Waals surface area contributed by atoms with Gasteiger partial charge < -0.3 is 10.1 Å². The van der Waals surface area contributed by atoms with Crippen LogP contribution in [0, 0.1) is 0 Å². The average Bonchev–Trinajstić information content (AvgIpc) is 2.46. The summed E-state index contributed by atoms with van der Waals surface area (Å²) in [6.45, 7) is 13.6. The number of ether oxygens (including phenoxy) is 1. The molecular weight excluding hydrogens is 260 g/mol. The molecule has 118 valence electrons. The minimum atomic E-state index is -0.0267. The molecule has 1 fully saturated rings. The molecule has 1 saturated heterocycles. The van der Waals surface area contributed by atoms with E-state index >= 15 is 0 Å². The SMILES string of the molecule is CCNC(CN1CCOC(C)(C)C1)c1ccc(CC)cc1. The molecule has 1 aliphatic heterocycles. The zero-order valence-corrected chi connectivity index (χ0v) is 14.0. The van der Waals surface area contributed by atoms with Crippen molar-refractivity contribution in [1.29, 1.82) is 0 Å². The number of rotatable bonds is 6. The second-order valence-corrected chi connectivity index (χ2v) is 6.55. The van der Waals surface area contributed by atoms with Crippen molar-refractivity contribution in [3.8, 4) is 0 Å². The van der Waals surface area contributed by atoms with Crippen molar-refractivity contribution in [1.82, 2.24) is 10.2 Å². The molecule has 0 spiro atoms. The lowest BCUT2D eigenvalue weighted by molar-refractivity contribution is -0.0876. The molecule has 3 nitrogen and oxygen atoms in total. The Morgan fingerprint density at radius 1 is 1.24 bits per heavy atom. The third kappa shape index (κ3) is 4.80. The van der Waals surface area contributed by atoms with Crippen LogP contribution >= 0.6 is 0 Å². The first-order chi connectivity index (χ1) is 10.0. The molecule has 1 heterocycles. The van der Waals surface area contributed by atoms with Gasteiger partial charge >= 0.3 is 0 Å². The summed E-state index contributed by atoms with van der Waals surface area (Å²) < 4.78 is 5.81. The van der Waals surface area contributed by atoms with Crippen molar-refractivity contribution in [2.75, 3.05) is 32.8 Å². The lowest BCUT2D eigenvalue weighted by Crippen LogP contribution is -2.50. The zero-order valence-electron chi connectivity index (χ0n) is 14.0. The van der Waals surface area contributed by atoms with E-state index in [2.05, 4.69) is 62.2 Å². The van der Waals surface area contributed by atoms with Crippen LogP contribution in [0.1, 0.15) is 44.9 Å². The van der Waals surface area contributed by atoms with E-state index in [0.717, 1.165) is 39.2 Å². The third-order valence-corrected chi connectivity index (χ3v) is 4.19. The fraction of sp³-hybridized carbons (Fsp3) is 0.667. The molecule has 0 aliphatic carbocycles. The largest absolute Gasteiger partial charge is 0.373 e. The van der Waals surface area contributed by atoms with Crippen molar-refractivity contribution in [2.45, 2.75) is 45.8 Å². The van der Waals surface area contributed by atoms with Gasteiger partial charge in [0.25, 0.3) is 0 Å². The molecule has 1 atom stereocenters. The molecule has 0 saturated carbocycles. The van der Waals surface area contributed by atoms with Gasteiger partial charge in [0, 0.05) is 25.7 Å². The predicted octanol–water partition coefficient (Wildman–Crippen LogP) is 3.01. The van der Waals surface area contributed by atoms with Crippen LogP contribution in [0.2, 0.25) is 0 Å². The molecule has 0 bridgehead atoms. The van der Waals surface area contributed by atoms with E-state index in [0.29, 0.717) is 6.04 Å². The minimum Gasteiger partial charge on any atom is -0.373 e. The van der Waals surface area contributed by atoms with Gasteiger partial charge in [-0.05, 0) is 37.9 Å². The first-order valence-electron chi connectivity index (χ1n) is 8.22. The first kappa shape index (κ1) is 16.5.